The monoisotopic (exact) mass is 410 g/mol. The number of benzene rings is 1. The molecule has 1 N–H and O–H groups in total. The van der Waals surface area contributed by atoms with Crippen LogP contribution < -0.4 is 5.32 Å². The molecule has 1 aromatic carbocycles. The van der Waals surface area contributed by atoms with Gasteiger partial charge in [-0.25, -0.2) is 9.07 Å². The van der Waals surface area contributed by atoms with Crippen LogP contribution >= 0.6 is 0 Å². The lowest BCUT2D eigenvalue weighted by atomic mass is 10.2. The second kappa shape index (κ2) is 9.23. The van der Waals surface area contributed by atoms with E-state index in [0.29, 0.717) is 23.6 Å². The number of carbonyl (C=O) groups excluding carboxylic acids is 1. The van der Waals surface area contributed by atoms with Gasteiger partial charge in [0.1, 0.15) is 11.4 Å². The molecular weight excluding hydrogens is 383 g/mol. The summed E-state index contributed by atoms with van der Waals surface area (Å²) < 4.78 is 17.1. The first-order valence-electron chi connectivity index (χ1n) is 10.3. The summed E-state index contributed by atoms with van der Waals surface area (Å²) in [4.78, 5) is 17.7. The molecule has 7 nitrogen and oxygen atoms in total. The molecule has 0 aliphatic carbocycles. The highest BCUT2D eigenvalue weighted by molar-refractivity contribution is 5.97. The van der Waals surface area contributed by atoms with Crippen LogP contribution in [0.2, 0.25) is 0 Å². The van der Waals surface area contributed by atoms with E-state index in [2.05, 4.69) is 27.3 Å². The van der Waals surface area contributed by atoms with Crippen molar-refractivity contribution in [3.05, 3.63) is 66.4 Å². The SMILES string of the molecule is CN1CCN(CCCNC(=O)c2cnn(-c3cccc(F)c3)c2-n2cccc2)CC1. The topological polar surface area (TPSA) is 58.3 Å². The number of likely N-dealkylation sites (N-methyl/N-ethyl adjacent to an activating group) is 1. The summed E-state index contributed by atoms with van der Waals surface area (Å²) >= 11 is 0. The Kier molecular flexibility index (Phi) is 6.25. The van der Waals surface area contributed by atoms with Gasteiger partial charge >= 0.3 is 0 Å². The van der Waals surface area contributed by atoms with Crippen molar-refractivity contribution in [1.82, 2.24) is 29.5 Å². The van der Waals surface area contributed by atoms with Gasteiger partial charge in [-0.05, 0) is 50.3 Å². The molecule has 0 radical (unpaired) electrons. The Morgan fingerprint density at radius 2 is 1.90 bits per heavy atom. The Balaban J connectivity index is 1.45. The summed E-state index contributed by atoms with van der Waals surface area (Å²) in [5.74, 6) is 0.0539. The Hall–Kier alpha value is -2.97. The predicted molar refractivity (Wildman–Crippen MR) is 114 cm³/mol. The zero-order valence-corrected chi connectivity index (χ0v) is 17.2. The molecule has 3 aromatic rings. The number of nitrogens with one attached hydrogen (secondary N) is 1. The van der Waals surface area contributed by atoms with Crippen molar-refractivity contribution in [2.75, 3.05) is 46.3 Å². The maximum atomic E-state index is 13.7. The zero-order chi connectivity index (χ0) is 20.9. The normalized spacial score (nSPS) is 15.4. The minimum absolute atomic E-state index is 0.181. The van der Waals surface area contributed by atoms with Crippen LogP contribution in [-0.2, 0) is 0 Å². The van der Waals surface area contributed by atoms with Crippen LogP contribution in [-0.4, -0.2) is 76.4 Å². The molecular formula is C22H27FN6O. The van der Waals surface area contributed by atoms with Crippen LogP contribution in [0.3, 0.4) is 0 Å². The van der Waals surface area contributed by atoms with Gasteiger partial charge in [-0.2, -0.15) is 5.10 Å². The lowest BCUT2D eigenvalue weighted by molar-refractivity contribution is 0.0949. The largest absolute Gasteiger partial charge is 0.352 e. The van der Waals surface area contributed by atoms with E-state index in [1.54, 1.807) is 16.8 Å². The Morgan fingerprint density at radius 1 is 1.13 bits per heavy atom. The summed E-state index contributed by atoms with van der Waals surface area (Å²) in [5, 5.41) is 7.38. The number of carbonyl (C=O) groups is 1. The number of piperazine rings is 1. The number of nitrogens with zero attached hydrogens (tertiary/aromatic N) is 5. The Labute approximate surface area is 175 Å². The number of hydrogen-bond acceptors (Lipinski definition) is 4. The molecule has 1 saturated heterocycles. The molecule has 0 unspecified atom stereocenters. The van der Waals surface area contributed by atoms with Crippen molar-refractivity contribution in [3.63, 3.8) is 0 Å². The molecule has 0 saturated carbocycles. The number of hydrogen-bond donors (Lipinski definition) is 1. The molecule has 30 heavy (non-hydrogen) atoms. The van der Waals surface area contributed by atoms with Gasteiger partial charge in [0.25, 0.3) is 5.91 Å². The highest BCUT2D eigenvalue weighted by atomic mass is 19.1. The molecule has 0 atom stereocenters. The summed E-state index contributed by atoms with van der Waals surface area (Å²) in [5.41, 5.74) is 1.02. The summed E-state index contributed by atoms with van der Waals surface area (Å²) in [6.07, 6.45) is 6.12. The van der Waals surface area contributed by atoms with Crippen molar-refractivity contribution in [1.29, 1.82) is 0 Å². The van der Waals surface area contributed by atoms with E-state index in [1.807, 2.05) is 29.1 Å². The molecule has 0 spiro atoms. The molecule has 1 aliphatic rings. The van der Waals surface area contributed by atoms with Gasteiger partial charge in [0.2, 0.25) is 0 Å². The molecule has 2 aromatic heterocycles. The van der Waals surface area contributed by atoms with Gasteiger partial charge < -0.3 is 19.7 Å². The van der Waals surface area contributed by atoms with Crippen molar-refractivity contribution < 1.29 is 9.18 Å². The number of aromatic nitrogens is 3. The lowest BCUT2D eigenvalue weighted by Gasteiger charge is -2.32. The van der Waals surface area contributed by atoms with Gasteiger partial charge in [0.15, 0.2) is 5.82 Å². The fraction of sp³-hybridized carbons (Fsp3) is 0.364. The fourth-order valence-corrected chi connectivity index (χ4v) is 3.69. The van der Waals surface area contributed by atoms with E-state index in [0.717, 1.165) is 39.1 Å². The van der Waals surface area contributed by atoms with Crippen molar-refractivity contribution in [3.8, 4) is 11.5 Å². The van der Waals surface area contributed by atoms with Crippen LogP contribution in [0.1, 0.15) is 16.8 Å². The highest BCUT2D eigenvalue weighted by Crippen LogP contribution is 2.20. The maximum absolute atomic E-state index is 13.7. The van der Waals surface area contributed by atoms with Gasteiger partial charge in [0.05, 0.1) is 11.9 Å². The Bertz CT molecular complexity index is 975. The van der Waals surface area contributed by atoms with Gasteiger partial charge in [0, 0.05) is 45.1 Å². The third-order valence-corrected chi connectivity index (χ3v) is 5.42. The maximum Gasteiger partial charge on any atom is 0.256 e. The molecule has 158 valence electrons. The van der Waals surface area contributed by atoms with Crippen molar-refractivity contribution in [2.45, 2.75) is 6.42 Å². The van der Waals surface area contributed by atoms with Gasteiger partial charge in [-0.1, -0.05) is 6.07 Å². The third kappa shape index (κ3) is 4.60. The summed E-state index contributed by atoms with van der Waals surface area (Å²) in [6.45, 7) is 5.89. The minimum Gasteiger partial charge on any atom is -0.352 e. The Morgan fingerprint density at radius 3 is 2.63 bits per heavy atom. The third-order valence-electron chi connectivity index (χ3n) is 5.42. The van der Waals surface area contributed by atoms with Crippen LogP contribution in [0.4, 0.5) is 4.39 Å². The van der Waals surface area contributed by atoms with Crippen molar-refractivity contribution >= 4 is 5.91 Å². The van der Waals surface area contributed by atoms with Gasteiger partial charge in [-0.15, -0.1) is 0 Å². The van der Waals surface area contributed by atoms with E-state index in [4.69, 9.17) is 0 Å². The second-order valence-electron chi connectivity index (χ2n) is 7.62. The van der Waals surface area contributed by atoms with Crippen molar-refractivity contribution in [2.24, 2.45) is 0 Å². The second-order valence-corrected chi connectivity index (χ2v) is 7.62. The number of amides is 1. The van der Waals surface area contributed by atoms with Gasteiger partial charge in [-0.3, -0.25) is 4.79 Å². The average molecular weight is 410 g/mol. The van der Waals surface area contributed by atoms with E-state index < -0.39 is 0 Å². The van der Waals surface area contributed by atoms with Crippen LogP contribution in [0, 0.1) is 5.82 Å². The molecule has 3 heterocycles. The molecule has 4 rings (SSSR count). The fourth-order valence-electron chi connectivity index (χ4n) is 3.69. The summed E-state index contributed by atoms with van der Waals surface area (Å²) in [7, 11) is 2.14. The average Bonchev–Trinajstić information content (AvgIpc) is 3.42. The standard InChI is InChI=1S/C22H27FN6O/c1-26-12-14-27(15-13-26)9-5-8-24-21(30)20-17-25-29(19-7-4-6-18(23)16-19)22(20)28-10-2-3-11-28/h2-4,6-7,10-11,16-17H,5,8-9,12-15H2,1H3,(H,24,30). The number of halogens is 1. The van der Waals surface area contributed by atoms with E-state index >= 15 is 0 Å². The first-order valence-corrected chi connectivity index (χ1v) is 10.3. The quantitative estimate of drug-likeness (QED) is 0.607. The smallest absolute Gasteiger partial charge is 0.256 e. The molecule has 1 amide bonds. The highest BCUT2D eigenvalue weighted by Gasteiger charge is 2.20. The molecule has 1 aliphatic heterocycles. The molecule has 8 heteroatoms. The predicted octanol–water partition coefficient (Wildman–Crippen LogP) is 2.17. The van der Waals surface area contributed by atoms with E-state index in [9.17, 15) is 9.18 Å². The number of rotatable bonds is 7. The first-order chi connectivity index (χ1) is 14.6. The minimum atomic E-state index is -0.351. The van der Waals surface area contributed by atoms with E-state index in [1.165, 1.54) is 18.3 Å². The molecule has 0 bridgehead atoms. The first kappa shape index (κ1) is 20.3. The lowest BCUT2D eigenvalue weighted by Crippen LogP contribution is -2.45. The van der Waals surface area contributed by atoms with Crippen LogP contribution in [0.15, 0.2) is 55.0 Å². The molecule has 1 fully saturated rings. The van der Waals surface area contributed by atoms with E-state index in [-0.39, 0.29) is 11.7 Å². The zero-order valence-electron chi connectivity index (χ0n) is 17.2. The van der Waals surface area contributed by atoms with Crippen LogP contribution in [0.25, 0.3) is 11.5 Å². The summed E-state index contributed by atoms with van der Waals surface area (Å²) in [6, 6.07) is 9.93. The van der Waals surface area contributed by atoms with Crippen LogP contribution in [0.5, 0.6) is 0 Å².